The van der Waals surface area contributed by atoms with Crippen molar-refractivity contribution in [3.63, 3.8) is 0 Å². The molecule has 0 saturated heterocycles. The van der Waals surface area contributed by atoms with Gasteiger partial charge in [0, 0.05) is 18.3 Å². The van der Waals surface area contributed by atoms with Crippen molar-refractivity contribution in [2.45, 2.75) is 24.0 Å². The van der Waals surface area contributed by atoms with E-state index in [9.17, 15) is 23.1 Å². The number of rotatable bonds is 10. The SMILES string of the molecule is O=C(O)C[C@@H](NC(=O)c1ccc2ccccc2c1)NS(=O)(=O)c1ccccc1CNc1ccccn1. The van der Waals surface area contributed by atoms with Crippen LogP contribution >= 0.6 is 0 Å². The van der Waals surface area contributed by atoms with E-state index in [2.05, 4.69) is 20.3 Å². The highest BCUT2D eigenvalue weighted by molar-refractivity contribution is 7.89. The van der Waals surface area contributed by atoms with Crippen molar-refractivity contribution in [2.24, 2.45) is 0 Å². The number of benzene rings is 3. The van der Waals surface area contributed by atoms with E-state index in [1.54, 1.807) is 60.8 Å². The zero-order chi connectivity index (χ0) is 25.5. The molecule has 1 aromatic heterocycles. The lowest BCUT2D eigenvalue weighted by Crippen LogP contribution is -2.49. The molecule has 0 aliphatic rings. The van der Waals surface area contributed by atoms with Crippen molar-refractivity contribution in [1.82, 2.24) is 15.0 Å². The first-order valence-corrected chi connectivity index (χ1v) is 12.6. The van der Waals surface area contributed by atoms with Crippen LogP contribution < -0.4 is 15.4 Å². The number of nitrogens with zero attached hydrogens (tertiary/aromatic N) is 1. The molecule has 4 aromatic rings. The number of carboxylic acid groups (broad SMARTS) is 1. The van der Waals surface area contributed by atoms with Gasteiger partial charge in [0.1, 0.15) is 12.0 Å². The number of sulfonamides is 1. The van der Waals surface area contributed by atoms with E-state index in [0.29, 0.717) is 11.4 Å². The van der Waals surface area contributed by atoms with Crippen LogP contribution in [0.25, 0.3) is 10.8 Å². The van der Waals surface area contributed by atoms with Crippen molar-refractivity contribution in [1.29, 1.82) is 0 Å². The molecule has 0 aliphatic heterocycles. The fourth-order valence-electron chi connectivity index (χ4n) is 3.68. The Hall–Kier alpha value is -4.28. The van der Waals surface area contributed by atoms with E-state index < -0.39 is 34.5 Å². The zero-order valence-corrected chi connectivity index (χ0v) is 19.9. The lowest BCUT2D eigenvalue weighted by Gasteiger charge is -2.20. The number of pyridine rings is 1. The number of carbonyl (C=O) groups is 2. The van der Waals surface area contributed by atoms with Gasteiger partial charge >= 0.3 is 5.97 Å². The number of fused-ring (bicyclic) bond motifs is 1. The number of anilines is 1. The van der Waals surface area contributed by atoms with Crippen molar-refractivity contribution in [3.8, 4) is 0 Å². The van der Waals surface area contributed by atoms with Gasteiger partial charge in [-0.15, -0.1) is 0 Å². The summed E-state index contributed by atoms with van der Waals surface area (Å²) >= 11 is 0. The number of hydrogen-bond donors (Lipinski definition) is 4. The summed E-state index contributed by atoms with van der Waals surface area (Å²) in [5, 5.41) is 16.7. The molecule has 0 saturated carbocycles. The number of nitrogens with one attached hydrogen (secondary N) is 3. The quantitative estimate of drug-likeness (QED) is 0.243. The van der Waals surface area contributed by atoms with Crippen LogP contribution in [0.15, 0.2) is 96.0 Å². The highest BCUT2D eigenvalue weighted by Gasteiger charge is 2.26. The van der Waals surface area contributed by atoms with Crippen LogP contribution in [0.5, 0.6) is 0 Å². The van der Waals surface area contributed by atoms with Crippen molar-refractivity contribution >= 4 is 38.5 Å². The van der Waals surface area contributed by atoms with Crippen LogP contribution in [0.1, 0.15) is 22.3 Å². The Morgan fingerprint density at radius 3 is 2.36 bits per heavy atom. The van der Waals surface area contributed by atoms with Gasteiger partial charge in [-0.3, -0.25) is 9.59 Å². The van der Waals surface area contributed by atoms with Gasteiger partial charge < -0.3 is 15.7 Å². The Morgan fingerprint density at radius 2 is 1.61 bits per heavy atom. The predicted molar refractivity (Wildman–Crippen MR) is 136 cm³/mol. The molecule has 0 radical (unpaired) electrons. The van der Waals surface area contributed by atoms with Gasteiger partial charge in [0.2, 0.25) is 10.0 Å². The number of hydrogen-bond acceptors (Lipinski definition) is 6. The summed E-state index contributed by atoms with van der Waals surface area (Å²) in [6.45, 7) is 0.168. The third kappa shape index (κ3) is 6.23. The van der Waals surface area contributed by atoms with Crippen molar-refractivity contribution in [2.75, 3.05) is 5.32 Å². The second kappa shape index (κ2) is 11.0. The average Bonchev–Trinajstić information content (AvgIpc) is 2.87. The lowest BCUT2D eigenvalue weighted by atomic mass is 10.1. The van der Waals surface area contributed by atoms with Gasteiger partial charge in [0.15, 0.2) is 0 Å². The van der Waals surface area contributed by atoms with Gasteiger partial charge in [-0.05, 0) is 46.7 Å². The monoisotopic (exact) mass is 504 g/mol. The Labute approximate surface area is 208 Å². The normalized spacial score (nSPS) is 12.1. The Kier molecular flexibility index (Phi) is 7.57. The molecule has 10 heteroatoms. The topological polar surface area (TPSA) is 137 Å². The van der Waals surface area contributed by atoms with Gasteiger partial charge in [0.05, 0.1) is 11.3 Å². The Bertz CT molecular complexity index is 1490. The van der Waals surface area contributed by atoms with Crippen molar-refractivity contribution < 1.29 is 23.1 Å². The summed E-state index contributed by atoms with van der Waals surface area (Å²) in [5.74, 6) is -1.30. The summed E-state index contributed by atoms with van der Waals surface area (Å²) in [4.78, 5) is 28.4. The molecule has 9 nitrogen and oxygen atoms in total. The van der Waals surface area contributed by atoms with Gasteiger partial charge in [-0.1, -0.05) is 54.6 Å². The molecule has 36 heavy (non-hydrogen) atoms. The number of carboxylic acids is 1. The van der Waals surface area contributed by atoms with Crippen LogP contribution in [-0.4, -0.2) is 36.6 Å². The molecule has 3 aromatic carbocycles. The molecule has 0 spiro atoms. The van der Waals surface area contributed by atoms with E-state index in [4.69, 9.17) is 0 Å². The maximum atomic E-state index is 13.3. The summed E-state index contributed by atoms with van der Waals surface area (Å²) in [6, 6.07) is 24.1. The highest BCUT2D eigenvalue weighted by atomic mass is 32.2. The largest absolute Gasteiger partial charge is 0.481 e. The number of carbonyl (C=O) groups excluding carboxylic acids is 1. The van der Waals surface area contributed by atoms with Crippen LogP contribution in [0.3, 0.4) is 0 Å². The molecule has 1 amide bonds. The highest BCUT2D eigenvalue weighted by Crippen LogP contribution is 2.18. The smallest absolute Gasteiger partial charge is 0.306 e. The van der Waals surface area contributed by atoms with E-state index in [0.717, 1.165) is 10.8 Å². The fraction of sp³-hybridized carbons (Fsp3) is 0.115. The van der Waals surface area contributed by atoms with Crippen molar-refractivity contribution in [3.05, 3.63) is 102 Å². The molecule has 0 unspecified atom stereocenters. The summed E-state index contributed by atoms with van der Waals surface area (Å²) in [6.07, 6.45) is -0.406. The lowest BCUT2D eigenvalue weighted by molar-refractivity contribution is -0.137. The first-order valence-electron chi connectivity index (χ1n) is 11.1. The minimum atomic E-state index is -4.19. The number of aromatic nitrogens is 1. The second-order valence-electron chi connectivity index (χ2n) is 7.98. The molecular formula is C26H24N4O5S. The maximum absolute atomic E-state index is 13.3. The predicted octanol–water partition coefficient (Wildman–Crippen LogP) is 3.36. The van der Waals surface area contributed by atoms with E-state index in [1.807, 2.05) is 24.3 Å². The number of aliphatic carboxylic acids is 1. The minimum Gasteiger partial charge on any atom is -0.481 e. The van der Waals surface area contributed by atoms with Crippen LogP contribution in [0, 0.1) is 0 Å². The molecule has 0 aliphatic carbocycles. The molecular weight excluding hydrogens is 480 g/mol. The molecule has 1 atom stereocenters. The fourth-order valence-corrected chi connectivity index (χ4v) is 5.07. The first-order chi connectivity index (χ1) is 17.3. The molecule has 4 rings (SSSR count). The standard InChI is InChI=1S/C26H24N4O5S/c31-25(32)16-24(29-26(33)20-13-12-18-7-1-2-8-19(18)15-20)30-36(34,35)22-10-4-3-9-21(22)17-28-23-11-5-6-14-27-23/h1-15,24,30H,16-17H2,(H,27,28)(H,29,33)(H,31,32)/t24-/m0/s1. The summed E-state index contributed by atoms with van der Waals surface area (Å²) in [5.41, 5.74) is 0.730. The maximum Gasteiger partial charge on any atom is 0.306 e. The summed E-state index contributed by atoms with van der Waals surface area (Å²) < 4.78 is 28.8. The molecule has 0 bridgehead atoms. The van der Waals surface area contributed by atoms with E-state index in [-0.39, 0.29) is 17.0 Å². The Balaban J connectivity index is 1.53. The first kappa shape index (κ1) is 24.8. The van der Waals surface area contributed by atoms with Crippen LogP contribution in [0.4, 0.5) is 5.82 Å². The molecule has 184 valence electrons. The van der Waals surface area contributed by atoms with E-state index in [1.165, 1.54) is 6.07 Å². The van der Waals surface area contributed by atoms with Gasteiger partial charge in [-0.25, -0.2) is 13.4 Å². The van der Waals surface area contributed by atoms with E-state index >= 15 is 0 Å². The average molecular weight is 505 g/mol. The third-order valence-corrected chi connectivity index (χ3v) is 6.95. The van der Waals surface area contributed by atoms with Gasteiger partial charge in [0.25, 0.3) is 5.91 Å². The molecule has 1 heterocycles. The zero-order valence-electron chi connectivity index (χ0n) is 19.1. The minimum absolute atomic E-state index is 0.0382. The Morgan fingerprint density at radius 1 is 0.889 bits per heavy atom. The number of amides is 1. The molecule has 4 N–H and O–H groups in total. The van der Waals surface area contributed by atoms with Crippen LogP contribution in [0.2, 0.25) is 0 Å². The third-order valence-electron chi connectivity index (χ3n) is 5.38. The van der Waals surface area contributed by atoms with Gasteiger partial charge in [-0.2, -0.15) is 4.72 Å². The second-order valence-corrected chi connectivity index (χ2v) is 9.67. The molecule has 0 fully saturated rings. The summed E-state index contributed by atoms with van der Waals surface area (Å²) in [7, 11) is -4.19. The van der Waals surface area contributed by atoms with Crippen LogP contribution in [-0.2, 0) is 21.4 Å².